The van der Waals surface area contributed by atoms with Gasteiger partial charge in [0.15, 0.2) is 0 Å². The van der Waals surface area contributed by atoms with E-state index in [4.69, 9.17) is 0 Å². The first-order valence-electron chi connectivity index (χ1n) is 6.01. The number of likely N-dealkylation sites (tertiary alicyclic amines) is 1. The SMILES string of the molecule is CCN1CCCC1CNS(=O)(=O)c1sccc1Br. The van der Waals surface area contributed by atoms with Crippen LogP contribution < -0.4 is 4.72 Å². The van der Waals surface area contributed by atoms with Gasteiger partial charge in [-0.1, -0.05) is 6.92 Å². The molecule has 1 aromatic heterocycles. The van der Waals surface area contributed by atoms with Crippen molar-refractivity contribution >= 4 is 37.3 Å². The summed E-state index contributed by atoms with van der Waals surface area (Å²) in [6, 6.07) is 2.09. The Morgan fingerprint density at radius 3 is 3.00 bits per heavy atom. The molecule has 1 aromatic rings. The molecule has 0 bridgehead atoms. The Labute approximate surface area is 121 Å². The van der Waals surface area contributed by atoms with Gasteiger partial charge in [0.25, 0.3) is 10.0 Å². The molecule has 4 nitrogen and oxygen atoms in total. The fraction of sp³-hybridized carbons (Fsp3) is 0.636. The maximum Gasteiger partial charge on any atom is 0.251 e. The van der Waals surface area contributed by atoms with Crippen molar-refractivity contribution in [1.82, 2.24) is 9.62 Å². The zero-order chi connectivity index (χ0) is 13.2. The Bertz CT molecular complexity index is 501. The van der Waals surface area contributed by atoms with Crippen LogP contribution in [0.15, 0.2) is 20.1 Å². The van der Waals surface area contributed by atoms with Crippen LogP contribution in [-0.4, -0.2) is 39.0 Å². The molecule has 0 aliphatic carbocycles. The number of rotatable bonds is 5. The summed E-state index contributed by atoms with van der Waals surface area (Å²) in [5.41, 5.74) is 0. The zero-order valence-corrected chi connectivity index (χ0v) is 13.4. The number of halogens is 1. The minimum atomic E-state index is -3.37. The van der Waals surface area contributed by atoms with E-state index in [1.165, 1.54) is 11.3 Å². The summed E-state index contributed by atoms with van der Waals surface area (Å²) in [6.07, 6.45) is 2.23. The number of sulfonamides is 1. The largest absolute Gasteiger partial charge is 0.299 e. The first-order valence-corrected chi connectivity index (χ1v) is 9.17. The van der Waals surface area contributed by atoms with Crippen LogP contribution in [0.5, 0.6) is 0 Å². The van der Waals surface area contributed by atoms with E-state index < -0.39 is 10.0 Å². The van der Waals surface area contributed by atoms with Crippen LogP contribution in [0, 0.1) is 0 Å². The molecule has 7 heteroatoms. The van der Waals surface area contributed by atoms with Crippen molar-refractivity contribution < 1.29 is 8.42 Å². The highest BCUT2D eigenvalue weighted by Crippen LogP contribution is 2.27. The van der Waals surface area contributed by atoms with Crippen LogP contribution in [0.3, 0.4) is 0 Å². The monoisotopic (exact) mass is 352 g/mol. The third kappa shape index (κ3) is 3.14. The van der Waals surface area contributed by atoms with Gasteiger partial charge in [-0.3, -0.25) is 4.90 Å². The van der Waals surface area contributed by atoms with Gasteiger partial charge in [0.2, 0.25) is 0 Å². The van der Waals surface area contributed by atoms with E-state index >= 15 is 0 Å². The van der Waals surface area contributed by atoms with E-state index in [0.29, 0.717) is 21.3 Å². The number of likely N-dealkylation sites (N-methyl/N-ethyl adjacent to an activating group) is 1. The van der Waals surface area contributed by atoms with Crippen molar-refractivity contribution in [2.24, 2.45) is 0 Å². The molecule has 1 saturated heterocycles. The molecule has 102 valence electrons. The molecule has 18 heavy (non-hydrogen) atoms. The van der Waals surface area contributed by atoms with Gasteiger partial charge in [-0.25, -0.2) is 13.1 Å². The molecule has 0 saturated carbocycles. The van der Waals surface area contributed by atoms with E-state index in [1.54, 1.807) is 11.4 Å². The highest BCUT2D eigenvalue weighted by molar-refractivity contribution is 9.10. The Hall–Kier alpha value is 0.0500. The van der Waals surface area contributed by atoms with Crippen molar-refractivity contribution in [3.63, 3.8) is 0 Å². The first kappa shape index (κ1) is 14.5. The second kappa shape index (κ2) is 6.00. The van der Waals surface area contributed by atoms with Crippen LogP contribution in [0.2, 0.25) is 0 Å². The second-order valence-electron chi connectivity index (χ2n) is 4.33. The molecule has 2 heterocycles. The van der Waals surface area contributed by atoms with Crippen LogP contribution in [-0.2, 0) is 10.0 Å². The van der Waals surface area contributed by atoms with Gasteiger partial charge in [0.1, 0.15) is 4.21 Å². The Kier molecular flexibility index (Phi) is 4.82. The molecule has 1 unspecified atom stereocenters. The lowest BCUT2D eigenvalue weighted by atomic mass is 10.2. The highest BCUT2D eigenvalue weighted by atomic mass is 79.9. The molecule has 0 spiro atoms. The molecule has 1 fully saturated rings. The summed E-state index contributed by atoms with van der Waals surface area (Å²) >= 11 is 4.50. The number of hydrogen-bond acceptors (Lipinski definition) is 4. The van der Waals surface area contributed by atoms with Gasteiger partial charge >= 0.3 is 0 Å². The average molecular weight is 353 g/mol. The van der Waals surface area contributed by atoms with Crippen LogP contribution >= 0.6 is 27.3 Å². The van der Waals surface area contributed by atoms with Crippen LogP contribution in [0.1, 0.15) is 19.8 Å². The van der Waals surface area contributed by atoms with Crippen LogP contribution in [0.4, 0.5) is 0 Å². The summed E-state index contributed by atoms with van der Waals surface area (Å²) in [7, 11) is -3.37. The van der Waals surface area contributed by atoms with Crippen molar-refractivity contribution in [2.75, 3.05) is 19.6 Å². The van der Waals surface area contributed by atoms with Gasteiger partial charge in [0, 0.05) is 17.1 Å². The van der Waals surface area contributed by atoms with E-state index in [0.717, 1.165) is 25.9 Å². The molecular formula is C11H17BrN2O2S2. The van der Waals surface area contributed by atoms with E-state index in [2.05, 4.69) is 32.5 Å². The lowest BCUT2D eigenvalue weighted by Gasteiger charge is -2.22. The molecule has 0 aromatic carbocycles. The van der Waals surface area contributed by atoms with Gasteiger partial charge in [0.05, 0.1) is 0 Å². The molecule has 0 amide bonds. The summed E-state index contributed by atoms with van der Waals surface area (Å²) < 4.78 is 28.0. The molecule has 1 aliphatic rings. The number of thiophene rings is 1. The molecule has 2 rings (SSSR count). The van der Waals surface area contributed by atoms with Gasteiger partial charge in [-0.15, -0.1) is 11.3 Å². The summed E-state index contributed by atoms with van der Waals surface area (Å²) in [4.78, 5) is 2.33. The third-order valence-electron chi connectivity index (χ3n) is 3.24. The minimum Gasteiger partial charge on any atom is -0.299 e. The lowest BCUT2D eigenvalue weighted by molar-refractivity contribution is 0.268. The van der Waals surface area contributed by atoms with Crippen molar-refractivity contribution in [3.8, 4) is 0 Å². The molecule has 1 N–H and O–H groups in total. The fourth-order valence-electron chi connectivity index (χ4n) is 2.29. The highest BCUT2D eigenvalue weighted by Gasteiger charge is 2.26. The van der Waals surface area contributed by atoms with E-state index in [1.807, 2.05) is 0 Å². The number of nitrogens with one attached hydrogen (secondary N) is 1. The summed E-state index contributed by atoms with van der Waals surface area (Å²) in [5, 5.41) is 1.77. The Morgan fingerprint density at radius 2 is 2.39 bits per heavy atom. The minimum absolute atomic E-state index is 0.337. The van der Waals surface area contributed by atoms with Crippen LogP contribution in [0.25, 0.3) is 0 Å². The van der Waals surface area contributed by atoms with E-state index in [9.17, 15) is 8.42 Å². The summed E-state index contributed by atoms with van der Waals surface area (Å²) in [6.45, 7) is 4.67. The maximum atomic E-state index is 12.1. The maximum absolute atomic E-state index is 12.1. The molecular weight excluding hydrogens is 336 g/mol. The first-order chi connectivity index (χ1) is 8.54. The number of nitrogens with zero attached hydrogens (tertiary/aromatic N) is 1. The fourth-order valence-corrected chi connectivity index (χ4v) is 5.74. The second-order valence-corrected chi connectivity index (χ2v) is 8.07. The standard InChI is InChI=1S/C11H17BrN2O2S2/c1-2-14-6-3-4-9(14)8-13-18(15,16)11-10(12)5-7-17-11/h5,7,9,13H,2-4,6,8H2,1H3. The smallest absolute Gasteiger partial charge is 0.251 e. The topological polar surface area (TPSA) is 49.4 Å². The Balaban J connectivity index is 2.00. The van der Waals surface area contributed by atoms with E-state index in [-0.39, 0.29) is 0 Å². The normalized spacial score (nSPS) is 21.6. The molecule has 1 atom stereocenters. The van der Waals surface area contributed by atoms with Crippen molar-refractivity contribution in [2.45, 2.75) is 30.0 Å². The quantitative estimate of drug-likeness (QED) is 0.884. The predicted molar refractivity (Wildman–Crippen MR) is 77.5 cm³/mol. The van der Waals surface area contributed by atoms with Gasteiger partial charge in [-0.2, -0.15) is 0 Å². The van der Waals surface area contributed by atoms with Gasteiger partial charge < -0.3 is 0 Å². The number of hydrogen-bond donors (Lipinski definition) is 1. The lowest BCUT2D eigenvalue weighted by Crippen LogP contribution is -2.39. The zero-order valence-electron chi connectivity index (χ0n) is 10.2. The summed E-state index contributed by atoms with van der Waals surface area (Å²) in [5.74, 6) is 0. The van der Waals surface area contributed by atoms with Crippen molar-refractivity contribution in [1.29, 1.82) is 0 Å². The molecule has 1 aliphatic heterocycles. The average Bonchev–Trinajstić information content (AvgIpc) is 2.94. The van der Waals surface area contributed by atoms with Gasteiger partial charge in [-0.05, 0) is 53.3 Å². The third-order valence-corrected chi connectivity index (χ3v) is 7.34. The van der Waals surface area contributed by atoms with Crippen molar-refractivity contribution in [3.05, 3.63) is 15.9 Å². The molecule has 0 radical (unpaired) electrons. The predicted octanol–water partition coefficient (Wildman–Crippen LogP) is 2.27. The Morgan fingerprint density at radius 1 is 1.61 bits per heavy atom.